The summed E-state index contributed by atoms with van der Waals surface area (Å²) in [5.41, 5.74) is 0.898. The van der Waals surface area contributed by atoms with Crippen LogP contribution < -0.4 is 5.32 Å². The first-order valence-corrected chi connectivity index (χ1v) is 9.02. The number of rotatable bonds is 6. The molecular formula is C18H28N4O2. The number of hydrogen-bond acceptors (Lipinski definition) is 5. The van der Waals surface area contributed by atoms with Crippen LogP contribution in [0.15, 0.2) is 24.4 Å². The Hall–Kier alpha value is -1.50. The number of carbonyl (C=O) groups is 1. The first kappa shape index (κ1) is 17.3. The fourth-order valence-electron chi connectivity index (χ4n) is 3.49. The number of aromatic nitrogens is 1. The molecule has 0 radical (unpaired) electrons. The van der Waals surface area contributed by atoms with E-state index in [0.29, 0.717) is 19.1 Å². The van der Waals surface area contributed by atoms with Gasteiger partial charge in [-0.25, -0.2) is 0 Å². The van der Waals surface area contributed by atoms with Gasteiger partial charge < -0.3 is 10.1 Å². The second kappa shape index (κ2) is 9.11. The van der Waals surface area contributed by atoms with Crippen molar-refractivity contribution in [3.8, 4) is 0 Å². The highest BCUT2D eigenvalue weighted by Gasteiger charge is 2.26. The molecule has 1 atom stereocenters. The molecule has 6 heteroatoms. The Morgan fingerprint density at radius 1 is 1.25 bits per heavy atom. The number of pyridine rings is 1. The van der Waals surface area contributed by atoms with Gasteiger partial charge in [0.05, 0.1) is 32.0 Å². The summed E-state index contributed by atoms with van der Waals surface area (Å²) in [7, 11) is 0. The van der Waals surface area contributed by atoms with E-state index in [2.05, 4.69) is 20.1 Å². The summed E-state index contributed by atoms with van der Waals surface area (Å²) < 4.78 is 5.43. The Bertz CT molecular complexity index is 505. The summed E-state index contributed by atoms with van der Waals surface area (Å²) in [6.45, 7) is 6.74. The lowest BCUT2D eigenvalue weighted by molar-refractivity contribution is -0.123. The summed E-state index contributed by atoms with van der Waals surface area (Å²) in [5, 5.41) is 2.99. The molecule has 2 aliphatic heterocycles. The van der Waals surface area contributed by atoms with Crippen molar-refractivity contribution in [2.45, 2.75) is 31.8 Å². The normalized spacial score (nSPS) is 23.1. The number of hydrogen-bond donors (Lipinski definition) is 1. The molecule has 1 unspecified atom stereocenters. The van der Waals surface area contributed by atoms with Gasteiger partial charge in [-0.1, -0.05) is 12.5 Å². The van der Waals surface area contributed by atoms with Gasteiger partial charge >= 0.3 is 0 Å². The zero-order valence-corrected chi connectivity index (χ0v) is 14.3. The third-order valence-corrected chi connectivity index (χ3v) is 4.86. The maximum absolute atomic E-state index is 12.3. The number of amides is 1. The summed E-state index contributed by atoms with van der Waals surface area (Å²) in [4.78, 5) is 21.4. The number of nitrogens with zero attached hydrogens (tertiary/aromatic N) is 3. The van der Waals surface area contributed by atoms with Crippen molar-refractivity contribution in [2.75, 3.05) is 45.9 Å². The fraction of sp³-hybridized carbons (Fsp3) is 0.667. The third-order valence-electron chi connectivity index (χ3n) is 4.86. The van der Waals surface area contributed by atoms with E-state index in [9.17, 15) is 4.79 Å². The highest BCUT2D eigenvalue weighted by atomic mass is 16.5. The molecule has 2 aliphatic rings. The fourth-order valence-corrected chi connectivity index (χ4v) is 3.49. The molecule has 1 amide bonds. The molecule has 3 rings (SSSR count). The number of piperidine rings is 1. The second-order valence-electron chi connectivity index (χ2n) is 6.63. The van der Waals surface area contributed by atoms with Gasteiger partial charge in [0.2, 0.25) is 5.91 Å². The monoisotopic (exact) mass is 332 g/mol. The van der Waals surface area contributed by atoms with Gasteiger partial charge in [-0.2, -0.15) is 0 Å². The lowest BCUT2D eigenvalue weighted by atomic mass is 10.0. The van der Waals surface area contributed by atoms with Crippen LogP contribution in [-0.2, 0) is 16.1 Å². The van der Waals surface area contributed by atoms with Crippen LogP contribution in [0.5, 0.6) is 0 Å². The molecule has 6 nitrogen and oxygen atoms in total. The molecule has 1 aromatic heterocycles. The van der Waals surface area contributed by atoms with Crippen molar-refractivity contribution >= 4 is 5.91 Å². The number of morpholine rings is 1. The first-order valence-electron chi connectivity index (χ1n) is 9.02. The molecule has 0 bridgehead atoms. The van der Waals surface area contributed by atoms with Crippen LogP contribution in [0, 0.1) is 0 Å². The minimum absolute atomic E-state index is 0.0922. The molecular weight excluding hydrogens is 304 g/mol. The van der Waals surface area contributed by atoms with Gasteiger partial charge in [0.15, 0.2) is 0 Å². The van der Waals surface area contributed by atoms with Crippen LogP contribution in [0.25, 0.3) is 0 Å². The Labute approximate surface area is 144 Å². The molecule has 1 N–H and O–H groups in total. The van der Waals surface area contributed by atoms with E-state index in [0.717, 1.165) is 45.1 Å². The van der Waals surface area contributed by atoms with Crippen LogP contribution in [0.1, 0.15) is 25.0 Å². The minimum atomic E-state index is 0.0922. The van der Waals surface area contributed by atoms with Crippen LogP contribution in [0.2, 0.25) is 0 Å². The van der Waals surface area contributed by atoms with Crippen LogP contribution in [-0.4, -0.2) is 72.7 Å². The van der Waals surface area contributed by atoms with Crippen molar-refractivity contribution in [3.05, 3.63) is 30.1 Å². The number of carbonyl (C=O) groups excluding carboxylic acids is 1. The van der Waals surface area contributed by atoms with Gasteiger partial charge in [-0.15, -0.1) is 0 Å². The van der Waals surface area contributed by atoms with Crippen molar-refractivity contribution < 1.29 is 9.53 Å². The second-order valence-corrected chi connectivity index (χ2v) is 6.63. The Balaban J connectivity index is 1.46. The quantitative estimate of drug-likeness (QED) is 0.838. The minimum Gasteiger partial charge on any atom is -0.379 e. The maximum atomic E-state index is 12.3. The lowest BCUT2D eigenvalue weighted by Crippen LogP contribution is -2.51. The van der Waals surface area contributed by atoms with E-state index in [1.165, 1.54) is 19.3 Å². The van der Waals surface area contributed by atoms with Crippen molar-refractivity contribution in [1.82, 2.24) is 20.1 Å². The van der Waals surface area contributed by atoms with Crippen LogP contribution >= 0.6 is 0 Å². The zero-order valence-electron chi connectivity index (χ0n) is 14.3. The van der Waals surface area contributed by atoms with E-state index in [-0.39, 0.29) is 5.91 Å². The third kappa shape index (κ3) is 5.26. The van der Waals surface area contributed by atoms with Crippen molar-refractivity contribution in [3.63, 3.8) is 0 Å². The molecule has 2 fully saturated rings. The first-order chi connectivity index (χ1) is 11.8. The SMILES string of the molecule is O=C(CN1CCCCC1CN1CCOCC1)NCc1ccccn1. The molecule has 0 spiro atoms. The van der Waals surface area contributed by atoms with Gasteiger partial charge in [-0.3, -0.25) is 19.6 Å². The molecule has 1 aromatic rings. The highest BCUT2D eigenvalue weighted by molar-refractivity contribution is 5.78. The van der Waals surface area contributed by atoms with E-state index >= 15 is 0 Å². The van der Waals surface area contributed by atoms with Crippen molar-refractivity contribution in [2.24, 2.45) is 0 Å². The molecule has 132 valence electrons. The predicted molar refractivity (Wildman–Crippen MR) is 92.6 cm³/mol. The van der Waals surface area contributed by atoms with E-state index in [1.54, 1.807) is 6.20 Å². The molecule has 3 heterocycles. The predicted octanol–water partition coefficient (Wildman–Crippen LogP) is 0.885. The largest absolute Gasteiger partial charge is 0.379 e. The van der Waals surface area contributed by atoms with E-state index in [1.807, 2.05) is 18.2 Å². The van der Waals surface area contributed by atoms with E-state index in [4.69, 9.17) is 4.74 Å². The van der Waals surface area contributed by atoms with Gasteiger partial charge in [-0.05, 0) is 31.5 Å². The van der Waals surface area contributed by atoms with Gasteiger partial charge in [0.25, 0.3) is 0 Å². The summed E-state index contributed by atoms with van der Waals surface area (Å²) in [5.74, 6) is 0.0922. The van der Waals surface area contributed by atoms with Crippen LogP contribution in [0.4, 0.5) is 0 Å². The average molecular weight is 332 g/mol. The smallest absolute Gasteiger partial charge is 0.234 e. The maximum Gasteiger partial charge on any atom is 0.234 e. The van der Waals surface area contributed by atoms with Crippen LogP contribution in [0.3, 0.4) is 0 Å². The number of likely N-dealkylation sites (tertiary alicyclic amines) is 1. The molecule has 0 aromatic carbocycles. The molecule has 0 aliphatic carbocycles. The Morgan fingerprint density at radius 3 is 2.92 bits per heavy atom. The number of nitrogens with one attached hydrogen (secondary N) is 1. The number of ether oxygens (including phenoxy) is 1. The standard InChI is InChI=1S/C18H28N4O2/c23-18(20-13-16-5-1-3-7-19-16)15-22-8-4-2-6-17(22)14-21-9-11-24-12-10-21/h1,3,5,7,17H,2,4,6,8-15H2,(H,20,23). The van der Waals surface area contributed by atoms with E-state index < -0.39 is 0 Å². The zero-order chi connectivity index (χ0) is 16.6. The van der Waals surface area contributed by atoms with Gasteiger partial charge in [0.1, 0.15) is 0 Å². The Morgan fingerprint density at radius 2 is 2.12 bits per heavy atom. The summed E-state index contributed by atoms with van der Waals surface area (Å²) in [6, 6.07) is 6.24. The highest BCUT2D eigenvalue weighted by Crippen LogP contribution is 2.18. The topological polar surface area (TPSA) is 57.7 Å². The summed E-state index contributed by atoms with van der Waals surface area (Å²) >= 11 is 0. The van der Waals surface area contributed by atoms with Gasteiger partial charge in [0, 0.05) is 31.9 Å². The molecule has 0 saturated carbocycles. The average Bonchev–Trinajstić information content (AvgIpc) is 2.63. The Kier molecular flexibility index (Phi) is 6.57. The molecule has 2 saturated heterocycles. The lowest BCUT2D eigenvalue weighted by Gasteiger charge is -2.39. The molecule has 24 heavy (non-hydrogen) atoms. The van der Waals surface area contributed by atoms with Crippen molar-refractivity contribution in [1.29, 1.82) is 0 Å². The summed E-state index contributed by atoms with van der Waals surface area (Å²) in [6.07, 6.45) is 5.39.